The number of carboxylic acid groups (broad SMARTS) is 2. The Kier molecular flexibility index (Phi) is 32.2. The van der Waals surface area contributed by atoms with Gasteiger partial charge in [0.25, 0.3) is 5.92 Å². The summed E-state index contributed by atoms with van der Waals surface area (Å²) in [4.78, 5) is 111. The summed E-state index contributed by atoms with van der Waals surface area (Å²) in [5.41, 5.74) is 2.84. The van der Waals surface area contributed by atoms with Crippen LogP contribution in [0.15, 0.2) is 18.2 Å². The number of likely N-dealkylation sites (tertiary alicyclic amines) is 1. The van der Waals surface area contributed by atoms with E-state index in [-0.39, 0.29) is 75.9 Å². The fourth-order valence-electron chi connectivity index (χ4n) is 10.5. The molecule has 4 atom stereocenters. The average molecular weight is 1240 g/mol. The molecule has 0 bridgehead atoms. The van der Waals surface area contributed by atoms with E-state index < -0.39 is 66.7 Å². The summed E-state index contributed by atoms with van der Waals surface area (Å²) >= 11 is 0. The van der Waals surface area contributed by atoms with Crippen molar-refractivity contribution >= 4 is 47.4 Å². The Bertz CT molecular complexity index is 2410. The molecule has 4 heterocycles. The lowest BCUT2D eigenvalue weighted by molar-refractivity contribution is -0.140. The quantitative estimate of drug-likeness (QED) is 0.0454. The molecule has 1 aromatic carbocycles. The maximum atomic E-state index is 14.0. The molecule has 0 aromatic heterocycles. The third kappa shape index (κ3) is 26.7. The van der Waals surface area contributed by atoms with Crippen LogP contribution in [-0.2, 0) is 86.5 Å². The fourth-order valence-corrected chi connectivity index (χ4v) is 10.5. The van der Waals surface area contributed by atoms with Gasteiger partial charge in [-0.05, 0) is 48.9 Å². The van der Waals surface area contributed by atoms with Crippen molar-refractivity contribution in [3.63, 3.8) is 0 Å². The van der Waals surface area contributed by atoms with Gasteiger partial charge in [-0.2, -0.15) is 5.26 Å². The first-order valence-electron chi connectivity index (χ1n) is 30.3. The van der Waals surface area contributed by atoms with Crippen molar-refractivity contribution in [3.05, 3.63) is 34.9 Å². The highest BCUT2D eigenvalue weighted by atomic mass is 19.3. The van der Waals surface area contributed by atoms with Gasteiger partial charge >= 0.3 is 11.9 Å². The second-order valence-electron chi connectivity index (χ2n) is 21.9. The van der Waals surface area contributed by atoms with Gasteiger partial charge < -0.3 is 74.6 Å². The van der Waals surface area contributed by atoms with Crippen molar-refractivity contribution in [2.24, 2.45) is 5.92 Å². The number of alkyl halides is 2. The number of likely N-dealkylation sites (N-methyl/N-ethyl adjacent to an activating group) is 1. The van der Waals surface area contributed by atoms with Gasteiger partial charge in [-0.25, -0.2) is 8.78 Å². The molecule has 87 heavy (non-hydrogen) atoms. The van der Waals surface area contributed by atoms with E-state index in [2.05, 4.69) is 26.2 Å². The number of amides is 6. The van der Waals surface area contributed by atoms with Crippen molar-refractivity contribution in [1.82, 2.24) is 50.7 Å². The molecule has 6 N–H and O–H groups in total. The Balaban J connectivity index is 0.879. The number of ether oxygens (including phenoxy) is 6. The van der Waals surface area contributed by atoms with Crippen LogP contribution in [0.1, 0.15) is 75.5 Å². The number of carboxylic acids is 2. The molecule has 6 amide bonds. The zero-order valence-corrected chi connectivity index (χ0v) is 50.5. The summed E-state index contributed by atoms with van der Waals surface area (Å²) in [6.45, 7) is 12.0. The number of halogens is 2. The molecule has 29 heteroatoms. The number of nitrogens with one attached hydrogen (secondary N) is 4. The number of rotatable bonds is 38. The number of nitrogens with zero attached hydrogens (tertiary/aromatic N) is 7. The molecule has 1 aromatic rings. The molecule has 488 valence electrons. The largest absolute Gasteiger partial charge is 0.480 e. The van der Waals surface area contributed by atoms with Crippen molar-refractivity contribution < 1.29 is 85.8 Å². The van der Waals surface area contributed by atoms with Crippen LogP contribution < -0.4 is 21.3 Å². The van der Waals surface area contributed by atoms with Crippen molar-refractivity contribution in [2.75, 3.05) is 171 Å². The molecule has 4 aliphatic heterocycles. The Hall–Kier alpha value is -6.07. The van der Waals surface area contributed by atoms with Gasteiger partial charge in [0.1, 0.15) is 18.1 Å². The van der Waals surface area contributed by atoms with Crippen molar-refractivity contribution in [1.29, 1.82) is 5.26 Å². The highest BCUT2D eigenvalue weighted by molar-refractivity contribution is 5.94. The van der Waals surface area contributed by atoms with Crippen LogP contribution in [0.25, 0.3) is 0 Å². The monoisotopic (exact) mass is 1240 g/mol. The minimum Gasteiger partial charge on any atom is -0.480 e. The summed E-state index contributed by atoms with van der Waals surface area (Å²) in [6.07, 6.45) is 0.953. The van der Waals surface area contributed by atoms with Crippen LogP contribution >= 0.6 is 0 Å². The van der Waals surface area contributed by atoms with Gasteiger partial charge in [0, 0.05) is 104 Å². The average Bonchev–Trinajstić information content (AvgIpc) is 1.94. The molecule has 27 nitrogen and oxygen atoms in total. The number of hydrogen-bond donors (Lipinski definition) is 6. The van der Waals surface area contributed by atoms with Crippen LogP contribution in [0, 0.1) is 17.2 Å². The lowest BCUT2D eigenvalue weighted by Gasteiger charge is -2.33. The molecule has 3 fully saturated rings. The Morgan fingerprint density at radius 1 is 0.713 bits per heavy atom. The van der Waals surface area contributed by atoms with Crippen LogP contribution in [0.3, 0.4) is 0 Å². The van der Waals surface area contributed by atoms with E-state index in [1.807, 2.05) is 30.0 Å². The zero-order chi connectivity index (χ0) is 63.0. The molecule has 1 unspecified atom stereocenters. The summed E-state index contributed by atoms with van der Waals surface area (Å²) in [5.74, 6) is -8.25. The number of fused-ring (bicyclic) bond motifs is 1. The second kappa shape index (κ2) is 39.0. The van der Waals surface area contributed by atoms with E-state index in [0.29, 0.717) is 170 Å². The van der Waals surface area contributed by atoms with E-state index >= 15 is 0 Å². The van der Waals surface area contributed by atoms with Gasteiger partial charge in [0.05, 0.1) is 112 Å². The molecular formula is C58H91F2N11O16. The number of hydrogen-bond acceptors (Lipinski definition) is 19. The minimum atomic E-state index is -3.18. The standard InChI is InChI=1S/C58H91F2N11O16/c1-3-50(72)62-11-6-5-10-48(64-51(73)38-67-15-13-66(4-2)14-16-68(39-53(75)76)19-20-69(18-17-67)40-54(77)78)56(80)63-12-21-82-22-23-83-24-25-84-26-27-85-28-29-86-30-31-87-41-44-9-7-8-43-36-70(37-47(43)44)52(74)33-45-32-49(65-55(45)79)57(81)71-42-58(59,60)34-46(71)35-61/h7-9,45-46,48-49H,3-6,10-34,36-42H2,1-2H3,(H,62,72)(H,63,80)(H,64,73)(H,65,79)(H,75,76)(H,77,78)/t45-,46-,48?,49-/m0/s1. The predicted octanol–water partition coefficient (Wildman–Crippen LogP) is -0.509. The lowest BCUT2D eigenvalue weighted by Crippen LogP contribution is -2.52. The molecule has 0 saturated carbocycles. The minimum absolute atomic E-state index is 0.0200. The maximum absolute atomic E-state index is 14.0. The fraction of sp³-hybridized carbons (Fsp3) is 0.741. The summed E-state index contributed by atoms with van der Waals surface area (Å²) in [7, 11) is 0. The summed E-state index contributed by atoms with van der Waals surface area (Å²) in [5, 5.41) is 39.4. The smallest absolute Gasteiger partial charge is 0.317 e. The van der Waals surface area contributed by atoms with Gasteiger partial charge in [-0.3, -0.25) is 53.1 Å². The molecule has 0 spiro atoms. The van der Waals surface area contributed by atoms with E-state index in [1.165, 1.54) is 0 Å². The normalized spacial score (nSPS) is 20.0. The van der Waals surface area contributed by atoms with Gasteiger partial charge in [0.2, 0.25) is 35.4 Å². The van der Waals surface area contributed by atoms with Crippen LogP contribution in [0.4, 0.5) is 8.78 Å². The summed E-state index contributed by atoms with van der Waals surface area (Å²) in [6, 6.07) is 4.29. The first-order valence-corrected chi connectivity index (χ1v) is 30.3. The zero-order valence-electron chi connectivity index (χ0n) is 50.5. The van der Waals surface area contributed by atoms with Gasteiger partial charge in [-0.15, -0.1) is 0 Å². The van der Waals surface area contributed by atoms with E-state index in [4.69, 9.17) is 28.4 Å². The highest BCUT2D eigenvalue weighted by Crippen LogP contribution is 2.34. The molecule has 3 saturated heterocycles. The molecule has 5 rings (SSSR count). The number of aliphatic carboxylic acids is 2. The van der Waals surface area contributed by atoms with Gasteiger partial charge in [0.15, 0.2) is 0 Å². The first-order chi connectivity index (χ1) is 41.9. The predicted molar refractivity (Wildman–Crippen MR) is 309 cm³/mol. The third-order valence-corrected chi connectivity index (χ3v) is 15.4. The van der Waals surface area contributed by atoms with E-state index in [9.17, 15) is 62.6 Å². The van der Waals surface area contributed by atoms with Crippen LogP contribution in [-0.4, -0.2) is 282 Å². The van der Waals surface area contributed by atoms with E-state index in [0.717, 1.165) is 21.6 Å². The Labute approximate surface area is 507 Å². The lowest BCUT2D eigenvalue weighted by atomic mass is 9.99. The van der Waals surface area contributed by atoms with Crippen molar-refractivity contribution in [3.8, 4) is 6.07 Å². The number of benzene rings is 1. The number of carbonyl (C=O) groups excluding carboxylic acids is 6. The molecule has 0 radical (unpaired) electrons. The number of nitriles is 1. The molecular weight excluding hydrogens is 1140 g/mol. The summed E-state index contributed by atoms with van der Waals surface area (Å²) < 4.78 is 61.9. The number of unbranched alkanes of at least 4 members (excludes halogenated alkanes) is 1. The van der Waals surface area contributed by atoms with Gasteiger partial charge in [-0.1, -0.05) is 32.0 Å². The topological polar surface area (TPSA) is 324 Å². The maximum Gasteiger partial charge on any atom is 0.317 e. The number of carbonyl (C=O) groups is 8. The molecule has 4 aliphatic rings. The SMILES string of the molecule is CCC(=O)NCCCCC(NC(=O)CN1CCN(CC)CCN(CC(=O)O)CCN(CC(=O)O)CC1)C(=O)NCCOCCOCCOCCOCCOCCOCc1cccc2c1CN(C(=O)C[C@@H]1C[C@@H](C(=O)N3CC(F)(F)C[C@H]3C#N)NC1=O)C2. The van der Waals surface area contributed by atoms with E-state index in [1.54, 1.807) is 27.7 Å². The third-order valence-electron chi connectivity index (χ3n) is 15.4. The van der Waals surface area contributed by atoms with Crippen LogP contribution in [0.2, 0.25) is 0 Å². The molecule has 0 aliphatic carbocycles. The highest BCUT2D eigenvalue weighted by Gasteiger charge is 2.50. The Morgan fingerprint density at radius 2 is 1.26 bits per heavy atom. The Morgan fingerprint density at radius 3 is 1.82 bits per heavy atom. The second-order valence-corrected chi connectivity index (χ2v) is 21.9. The van der Waals surface area contributed by atoms with Crippen LogP contribution in [0.5, 0.6) is 0 Å². The van der Waals surface area contributed by atoms with Crippen molar-refractivity contribution in [2.45, 2.75) is 103 Å². The first kappa shape index (κ1) is 71.7.